The van der Waals surface area contributed by atoms with Gasteiger partial charge in [-0.15, -0.1) is 11.3 Å². The van der Waals surface area contributed by atoms with Gasteiger partial charge in [-0.2, -0.15) is 0 Å². The van der Waals surface area contributed by atoms with E-state index in [9.17, 15) is 0 Å². The number of nitrogens with zero attached hydrogens (tertiary/aromatic N) is 2. The summed E-state index contributed by atoms with van der Waals surface area (Å²) in [5.74, 6) is 1.54. The van der Waals surface area contributed by atoms with Crippen molar-refractivity contribution < 1.29 is 4.74 Å². The van der Waals surface area contributed by atoms with Crippen molar-refractivity contribution in [2.24, 2.45) is 4.99 Å². The molecule has 2 aromatic rings. The number of aromatic nitrogens is 1. The van der Waals surface area contributed by atoms with Crippen molar-refractivity contribution in [2.45, 2.75) is 44.8 Å². The van der Waals surface area contributed by atoms with Crippen LogP contribution in [0.1, 0.15) is 36.1 Å². The smallest absolute Gasteiger partial charge is 0.218 e. The standard InChI is InChI=1S/C19H26N4OS/c1-20-19(22-12-10-17-9-5-13-25-17)23-14-15-6-4-11-21-18(15)24-16-7-2-3-8-16/h4-6,9,11,13,16H,2-3,7-8,10,12,14H2,1H3,(H2,20,22,23). The summed E-state index contributed by atoms with van der Waals surface area (Å²) in [6.07, 6.45) is 7.89. The molecule has 1 aliphatic carbocycles. The molecule has 25 heavy (non-hydrogen) atoms. The lowest BCUT2D eigenvalue weighted by Crippen LogP contribution is -2.38. The van der Waals surface area contributed by atoms with Gasteiger partial charge in [0.05, 0.1) is 0 Å². The van der Waals surface area contributed by atoms with Gasteiger partial charge in [0.25, 0.3) is 0 Å². The lowest BCUT2D eigenvalue weighted by molar-refractivity contribution is 0.199. The van der Waals surface area contributed by atoms with Gasteiger partial charge in [-0.25, -0.2) is 4.98 Å². The maximum Gasteiger partial charge on any atom is 0.218 e. The third-order valence-corrected chi connectivity index (χ3v) is 5.28. The average molecular weight is 359 g/mol. The van der Waals surface area contributed by atoms with Crippen molar-refractivity contribution in [1.82, 2.24) is 15.6 Å². The van der Waals surface area contributed by atoms with E-state index in [1.54, 1.807) is 24.6 Å². The molecule has 1 aliphatic rings. The first-order valence-corrected chi connectivity index (χ1v) is 9.80. The zero-order valence-corrected chi connectivity index (χ0v) is 15.5. The third-order valence-electron chi connectivity index (χ3n) is 4.34. The Hall–Kier alpha value is -2.08. The Labute approximate surface area is 153 Å². The Bertz CT molecular complexity index is 666. The first-order chi connectivity index (χ1) is 12.3. The molecular weight excluding hydrogens is 332 g/mol. The summed E-state index contributed by atoms with van der Waals surface area (Å²) in [6, 6.07) is 8.25. The Morgan fingerprint density at radius 1 is 1.28 bits per heavy atom. The van der Waals surface area contributed by atoms with E-state index >= 15 is 0 Å². The summed E-state index contributed by atoms with van der Waals surface area (Å²) in [7, 11) is 1.79. The molecule has 0 bridgehead atoms. The second-order valence-corrected chi connectivity index (χ2v) is 7.21. The molecule has 2 N–H and O–H groups in total. The third kappa shape index (κ3) is 5.46. The van der Waals surface area contributed by atoms with Crippen LogP contribution < -0.4 is 15.4 Å². The summed E-state index contributed by atoms with van der Waals surface area (Å²) in [6.45, 7) is 1.51. The Morgan fingerprint density at radius 3 is 2.92 bits per heavy atom. The fourth-order valence-electron chi connectivity index (χ4n) is 2.99. The van der Waals surface area contributed by atoms with Crippen LogP contribution in [0.15, 0.2) is 40.8 Å². The van der Waals surface area contributed by atoms with E-state index in [1.807, 2.05) is 6.07 Å². The van der Waals surface area contributed by atoms with Crippen molar-refractivity contribution in [3.8, 4) is 5.88 Å². The van der Waals surface area contributed by atoms with Gasteiger partial charge in [-0.05, 0) is 49.6 Å². The second-order valence-electron chi connectivity index (χ2n) is 6.17. The van der Waals surface area contributed by atoms with E-state index in [4.69, 9.17) is 4.74 Å². The highest BCUT2D eigenvalue weighted by molar-refractivity contribution is 7.09. The molecule has 2 heterocycles. The van der Waals surface area contributed by atoms with Crippen LogP contribution in [0.5, 0.6) is 5.88 Å². The number of rotatable bonds is 7. The highest BCUT2D eigenvalue weighted by Gasteiger charge is 2.18. The highest BCUT2D eigenvalue weighted by atomic mass is 32.1. The number of guanidine groups is 1. The van der Waals surface area contributed by atoms with Crippen molar-refractivity contribution in [3.05, 3.63) is 46.3 Å². The average Bonchev–Trinajstić information content (AvgIpc) is 3.33. The normalized spacial score (nSPS) is 15.3. The van der Waals surface area contributed by atoms with Crippen LogP contribution in [0.4, 0.5) is 0 Å². The number of hydrogen-bond donors (Lipinski definition) is 2. The summed E-state index contributed by atoms with van der Waals surface area (Å²) in [5.41, 5.74) is 1.07. The van der Waals surface area contributed by atoms with Crippen molar-refractivity contribution in [1.29, 1.82) is 0 Å². The van der Waals surface area contributed by atoms with Crippen molar-refractivity contribution >= 4 is 17.3 Å². The largest absolute Gasteiger partial charge is 0.474 e. The molecule has 5 nitrogen and oxygen atoms in total. The summed E-state index contributed by atoms with van der Waals surface area (Å²) in [4.78, 5) is 10.1. The lowest BCUT2D eigenvalue weighted by Gasteiger charge is -2.16. The SMILES string of the molecule is CN=C(NCCc1cccs1)NCc1cccnc1OC1CCCC1. The van der Waals surface area contributed by atoms with Crippen LogP contribution in [0, 0.1) is 0 Å². The van der Waals surface area contributed by atoms with Gasteiger partial charge in [0.1, 0.15) is 6.10 Å². The van der Waals surface area contributed by atoms with Gasteiger partial charge < -0.3 is 15.4 Å². The molecule has 0 atom stereocenters. The number of hydrogen-bond acceptors (Lipinski definition) is 4. The maximum atomic E-state index is 6.09. The molecule has 1 saturated carbocycles. The molecule has 0 amide bonds. The van der Waals surface area contributed by atoms with Gasteiger partial charge in [-0.3, -0.25) is 4.99 Å². The number of ether oxygens (including phenoxy) is 1. The number of nitrogens with one attached hydrogen (secondary N) is 2. The molecule has 3 rings (SSSR count). The van der Waals surface area contributed by atoms with Crippen molar-refractivity contribution in [3.63, 3.8) is 0 Å². The van der Waals surface area contributed by atoms with Crippen LogP contribution in [0.2, 0.25) is 0 Å². The molecule has 6 heteroatoms. The van der Waals surface area contributed by atoms with E-state index in [-0.39, 0.29) is 0 Å². The second kappa shape index (κ2) is 9.42. The predicted molar refractivity (Wildman–Crippen MR) is 103 cm³/mol. The molecule has 134 valence electrons. The van der Waals surface area contributed by atoms with Crippen LogP contribution >= 0.6 is 11.3 Å². The minimum absolute atomic E-state index is 0.317. The molecule has 2 aromatic heterocycles. The quantitative estimate of drug-likeness (QED) is 0.588. The monoisotopic (exact) mass is 358 g/mol. The van der Waals surface area contributed by atoms with Crippen molar-refractivity contribution in [2.75, 3.05) is 13.6 Å². The number of thiophene rings is 1. The van der Waals surface area contributed by atoms with E-state index < -0.39 is 0 Å². The van der Waals surface area contributed by atoms with E-state index in [0.717, 1.165) is 43.2 Å². The fourth-order valence-corrected chi connectivity index (χ4v) is 3.70. The molecule has 0 aromatic carbocycles. The van der Waals surface area contributed by atoms with Gasteiger partial charge in [0, 0.05) is 36.8 Å². The molecule has 0 radical (unpaired) electrons. The Morgan fingerprint density at radius 2 is 2.16 bits per heavy atom. The molecule has 0 spiro atoms. The zero-order chi connectivity index (χ0) is 17.3. The minimum atomic E-state index is 0.317. The van der Waals surface area contributed by atoms with Gasteiger partial charge in [0.2, 0.25) is 5.88 Å². The summed E-state index contributed by atoms with van der Waals surface area (Å²) in [5, 5.41) is 8.82. The highest BCUT2D eigenvalue weighted by Crippen LogP contribution is 2.24. The van der Waals surface area contributed by atoms with Crippen LogP contribution in [-0.4, -0.2) is 30.6 Å². The molecule has 0 saturated heterocycles. The van der Waals surface area contributed by atoms with E-state index in [2.05, 4.69) is 44.2 Å². The van der Waals surface area contributed by atoms with E-state index in [0.29, 0.717) is 12.6 Å². The Balaban J connectivity index is 1.49. The molecule has 0 aliphatic heterocycles. The van der Waals surface area contributed by atoms with Gasteiger partial charge in [0.15, 0.2) is 5.96 Å². The number of aliphatic imine (C=N–C) groups is 1. The maximum absolute atomic E-state index is 6.09. The summed E-state index contributed by atoms with van der Waals surface area (Å²) < 4.78 is 6.09. The van der Waals surface area contributed by atoms with Gasteiger partial charge >= 0.3 is 0 Å². The topological polar surface area (TPSA) is 58.5 Å². The zero-order valence-electron chi connectivity index (χ0n) is 14.7. The van der Waals surface area contributed by atoms with Crippen LogP contribution in [0.3, 0.4) is 0 Å². The Kier molecular flexibility index (Phi) is 6.68. The predicted octanol–water partition coefficient (Wildman–Crippen LogP) is 3.37. The number of pyridine rings is 1. The minimum Gasteiger partial charge on any atom is -0.474 e. The molecule has 1 fully saturated rings. The van der Waals surface area contributed by atoms with Crippen LogP contribution in [-0.2, 0) is 13.0 Å². The van der Waals surface area contributed by atoms with Crippen LogP contribution in [0.25, 0.3) is 0 Å². The first-order valence-electron chi connectivity index (χ1n) is 8.92. The molecular formula is C19H26N4OS. The van der Waals surface area contributed by atoms with E-state index in [1.165, 1.54) is 17.7 Å². The van der Waals surface area contributed by atoms with Gasteiger partial charge in [-0.1, -0.05) is 12.1 Å². The molecule has 0 unspecified atom stereocenters. The lowest BCUT2D eigenvalue weighted by atomic mass is 10.2. The fraction of sp³-hybridized carbons (Fsp3) is 0.474. The summed E-state index contributed by atoms with van der Waals surface area (Å²) >= 11 is 1.78. The first kappa shape index (κ1) is 17.7.